The maximum Gasteiger partial charge on any atom is 0.327 e. The number of pyridine rings is 1. The Bertz CT molecular complexity index is 1020. The third kappa shape index (κ3) is 8.62. The summed E-state index contributed by atoms with van der Waals surface area (Å²) in [6.07, 6.45) is 3.84. The number of amides is 3. The van der Waals surface area contributed by atoms with Crippen molar-refractivity contribution in [2.24, 2.45) is 5.92 Å². The van der Waals surface area contributed by atoms with Crippen LogP contribution in [0.25, 0.3) is 0 Å². The quantitative estimate of drug-likeness (QED) is 0.543. The summed E-state index contributed by atoms with van der Waals surface area (Å²) >= 11 is 1.46. The van der Waals surface area contributed by atoms with Crippen LogP contribution < -0.4 is 5.32 Å². The molecule has 0 aliphatic heterocycles. The predicted molar refractivity (Wildman–Crippen MR) is 130 cm³/mol. The van der Waals surface area contributed by atoms with Gasteiger partial charge >= 0.3 is 12.0 Å². The molecule has 2 aromatic rings. The lowest BCUT2D eigenvalue weighted by Crippen LogP contribution is -2.51. The number of nitrogens with one attached hydrogen (secondary N) is 1. The summed E-state index contributed by atoms with van der Waals surface area (Å²) in [7, 11) is 0. The fourth-order valence-electron chi connectivity index (χ4n) is 2.81. The second-order valence-corrected chi connectivity index (χ2v) is 8.87. The van der Waals surface area contributed by atoms with Gasteiger partial charge in [0.2, 0.25) is 0 Å². The van der Waals surface area contributed by atoms with E-state index in [9.17, 15) is 19.5 Å². The Labute approximate surface area is 199 Å². The number of carboxylic acids is 1. The molecule has 0 bridgehead atoms. The van der Waals surface area contributed by atoms with Crippen LogP contribution in [-0.4, -0.2) is 57.0 Å². The fraction of sp³-hybridized carbons (Fsp3) is 0.360. The minimum absolute atomic E-state index is 0.170. The highest BCUT2D eigenvalue weighted by atomic mass is 32.2. The van der Waals surface area contributed by atoms with E-state index < -0.39 is 23.9 Å². The van der Waals surface area contributed by atoms with Gasteiger partial charge in [-0.3, -0.25) is 14.7 Å². The molecule has 0 fully saturated rings. The maximum atomic E-state index is 13.1. The van der Waals surface area contributed by atoms with Gasteiger partial charge in [-0.2, -0.15) is 11.8 Å². The molecule has 0 saturated carbocycles. The van der Waals surface area contributed by atoms with Gasteiger partial charge in [-0.15, -0.1) is 0 Å². The molecule has 1 aromatic carbocycles. The summed E-state index contributed by atoms with van der Waals surface area (Å²) in [5.41, 5.74) is 1.73. The summed E-state index contributed by atoms with van der Waals surface area (Å²) in [6.45, 7) is 6.09. The lowest BCUT2D eigenvalue weighted by atomic mass is 10.1. The average molecular weight is 468 g/mol. The van der Waals surface area contributed by atoms with E-state index in [2.05, 4.69) is 22.1 Å². The normalized spacial score (nSPS) is 11.3. The van der Waals surface area contributed by atoms with E-state index in [1.165, 1.54) is 11.8 Å². The Balaban J connectivity index is 2.16. The van der Waals surface area contributed by atoms with Crippen LogP contribution in [0.3, 0.4) is 0 Å². The number of rotatable bonds is 9. The van der Waals surface area contributed by atoms with Crippen LogP contribution in [0.1, 0.15) is 48.7 Å². The van der Waals surface area contributed by atoms with Crippen LogP contribution >= 0.6 is 11.8 Å². The monoisotopic (exact) mass is 467 g/mol. The minimum Gasteiger partial charge on any atom is -0.480 e. The Morgan fingerprint density at radius 1 is 1.09 bits per heavy atom. The molecule has 0 radical (unpaired) electrons. The van der Waals surface area contributed by atoms with Crippen LogP contribution in [-0.2, 0) is 4.79 Å². The van der Waals surface area contributed by atoms with Gasteiger partial charge in [0.05, 0.1) is 0 Å². The summed E-state index contributed by atoms with van der Waals surface area (Å²) in [4.78, 5) is 42.6. The number of aromatic nitrogens is 1. The standard InChI is InChI=1S/C25H29N3O4S/c1-4-14-28(25(32)27-22(24(30)31)17-33-16-18(2)3)23(29)21-7-5-6-20(15-21)9-8-19-10-12-26-13-11-19/h5-7,10-13,15,18,22H,4,14,16-17H2,1-3H3,(H,27,32)(H,30,31)/t22-/m0/s1. The Morgan fingerprint density at radius 2 is 1.79 bits per heavy atom. The molecule has 0 aliphatic carbocycles. The van der Waals surface area contributed by atoms with Crippen LogP contribution in [0.15, 0.2) is 48.8 Å². The van der Waals surface area contributed by atoms with E-state index in [0.717, 1.165) is 16.2 Å². The van der Waals surface area contributed by atoms with Gasteiger partial charge in [-0.25, -0.2) is 9.59 Å². The number of benzene rings is 1. The second kappa shape index (κ2) is 13.3. The number of carbonyl (C=O) groups is 3. The van der Waals surface area contributed by atoms with Crippen molar-refractivity contribution in [2.45, 2.75) is 33.2 Å². The van der Waals surface area contributed by atoms with Crippen molar-refractivity contribution in [2.75, 3.05) is 18.1 Å². The number of nitrogens with zero attached hydrogens (tertiary/aromatic N) is 2. The first-order valence-corrected chi connectivity index (χ1v) is 11.9. The molecule has 33 heavy (non-hydrogen) atoms. The van der Waals surface area contributed by atoms with E-state index in [0.29, 0.717) is 23.5 Å². The van der Waals surface area contributed by atoms with Gasteiger partial charge in [0.15, 0.2) is 0 Å². The molecule has 7 nitrogen and oxygen atoms in total. The summed E-state index contributed by atoms with van der Waals surface area (Å²) in [5.74, 6) is 5.81. The van der Waals surface area contributed by atoms with E-state index in [1.807, 2.05) is 20.8 Å². The average Bonchev–Trinajstić information content (AvgIpc) is 2.80. The first kappa shape index (κ1) is 25.9. The molecule has 1 aromatic heterocycles. The molecule has 0 spiro atoms. The van der Waals surface area contributed by atoms with Crippen molar-refractivity contribution >= 4 is 29.7 Å². The van der Waals surface area contributed by atoms with E-state index in [4.69, 9.17) is 0 Å². The lowest BCUT2D eigenvalue weighted by molar-refractivity contribution is -0.138. The number of hydrogen-bond acceptors (Lipinski definition) is 5. The topological polar surface area (TPSA) is 99.6 Å². The molecule has 0 saturated heterocycles. The highest BCUT2D eigenvalue weighted by Crippen LogP contribution is 2.12. The number of urea groups is 1. The van der Waals surface area contributed by atoms with Gasteiger partial charge in [0, 0.05) is 41.4 Å². The zero-order chi connectivity index (χ0) is 24.2. The van der Waals surface area contributed by atoms with Crippen molar-refractivity contribution in [1.82, 2.24) is 15.2 Å². The first-order chi connectivity index (χ1) is 15.8. The number of thioether (sulfide) groups is 1. The lowest BCUT2D eigenvalue weighted by Gasteiger charge is -2.23. The van der Waals surface area contributed by atoms with Crippen LogP contribution in [0.2, 0.25) is 0 Å². The largest absolute Gasteiger partial charge is 0.480 e. The number of carbonyl (C=O) groups excluding carboxylic acids is 2. The van der Waals surface area contributed by atoms with Crippen LogP contribution in [0.5, 0.6) is 0 Å². The summed E-state index contributed by atoms with van der Waals surface area (Å²) in [6, 6.07) is 8.50. The van der Waals surface area contributed by atoms with Gasteiger partial charge in [0.25, 0.3) is 5.91 Å². The third-order valence-electron chi connectivity index (χ3n) is 4.41. The van der Waals surface area contributed by atoms with Crippen LogP contribution in [0.4, 0.5) is 4.79 Å². The maximum absolute atomic E-state index is 13.1. The fourth-order valence-corrected chi connectivity index (χ4v) is 3.88. The Kier molecular flexibility index (Phi) is 10.4. The molecule has 8 heteroatoms. The molecular formula is C25H29N3O4S. The number of carboxylic acid groups (broad SMARTS) is 1. The van der Waals surface area contributed by atoms with Crippen LogP contribution in [0, 0.1) is 17.8 Å². The predicted octanol–water partition coefficient (Wildman–Crippen LogP) is 3.89. The molecule has 1 heterocycles. The van der Waals surface area contributed by atoms with Gasteiger partial charge in [-0.1, -0.05) is 38.7 Å². The van der Waals surface area contributed by atoms with Gasteiger partial charge in [0.1, 0.15) is 6.04 Å². The smallest absolute Gasteiger partial charge is 0.327 e. The van der Waals surface area contributed by atoms with Gasteiger partial charge < -0.3 is 10.4 Å². The van der Waals surface area contributed by atoms with Crippen molar-refractivity contribution < 1.29 is 19.5 Å². The molecule has 0 unspecified atom stereocenters. The second-order valence-electron chi connectivity index (χ2n) is 7.80. The Morgan fingerprint density at radius 3 is 2.42 bits per heavy atom. The zero-order valence-electron chi connectivity index (χ0n) is 19.1. The molecule has 1 atom stereocenters. The van der Waals surface area contributed by atoms with E-state index >= 15 is 0 Å². The first-order valence-electron chi connectivity index (χ1n) is 10.8. The van der Waals surface area contributed by atoms with Crippen molar-refractivity contribution in [3.8, 4) is 11.8 Å². The van der Waals surface area contributed by atoms with E-state index in [1.54, 1.807) is 48.8 Å². The van der Waals surface area contributed by atoms with Crippen molar-refractivity contribution in [3.05, 3.63) is 65.5 Å². The van der Waals surface area contributed by atoms with E-state index in [-0.39, 0.29) is 12.3 Å². The SMILES string of the molecule is CCCN(C(=O)N[C@@H](CSCC(C)C)C(=O)O)C(=O)c1cccc(C#Cc2ccncc2)c1. The number of aliphatic carboxylic acids is 1. The van der Waals surface area contributed by atoms with Crippen molar-refractivity contribution in [3.63, 3.8) is 0 Å². The summed E-state index contributed by atoms with van der Waals surface area (Å²) in [5, 5.41) is 12.0. The molecule has 2 rings (SSSR count). The molecule has 2 N–H and O–H groups in total. The molecular weight excluding hydrogens is 438 g/mol. The summed E-state index contributed by atoms with van der Waals surface area (Å²) < 4.78 is 0. The molecule has 174 valence electrons. The highest BCUT2D eigenvalue weighted by Gasteiger charge is 2.27. The highest BCUT2D eigenvalue weighted by molar-refractivity contribution is 7.99. The molecule has 0 aliphatic rings. The minimum atomic E-state index is -1.13. The Hall–Kier alpha value is -3.31. The van der Waals surface area contributed by atoms with Gasteiger partial charge in [-0.05, 0) is 48.4 Å². The third-order valence-corrected chi connectivity index (χ3v) is 5.88. The van der Waals surface area contributed by atoms with Crippen molar-refractivity contribution in [1.29, 1.82) is 0 Å². The zero-order valence-corrected chi connectivity index (χ0v) is 19.9. The number of hydrogen-bond donors (Lipinski definition) is 2. The molecule has 3 amide bonds. The number of imide groups is 1.